The van der Waals surface area contributed by atoms with Gasteiger partial charge in [0.25, 0.3) is 5.69 Å². The summed E-state index contributed by atoms with van der Waals surface area (Å²) in [6, 6.07) is 14.3. The predicted molar refractivity (Wildman–Crippen MR) is 79.3 cm³/mol. The minimum Gasteiger partial charge on any atom is -0.378 e. The van der Waals surface area contributed by atoms with E-state index in [-0.39, 0.29) is 16.7 Å². The molecule has 0 aliphatic carbocycles. The van der Waals surface area contributed by atoms with Crippen molar-refractivity contribution in [2.45, 2.75) is 13.0 Å². The molecule has 0 bridgehead atoms. The Labute approximate surface area is 119 Å². The molecular weight excluding hydrogens is 308 g/mol. The summed E-state index contributed by atoms with van der Waals surface area (Å²) in [5.41, 5.74) is 1.73. The van der Waals surface area contributed by atoms with Gasteiger partial charge in [-0.2, -0.15) is 0 Å². The molecule has 0 amide bonds. The Bertz CT molecular complexity index is 602. The van der Waals surface area contributed by atoms with Gasteiger partial charge < -0.3 is 5.32 Å². The number of nitrogens with zero attached hydrogens (tertiary/aromatic N) is 1. The third-order valence-electron chi connectivity index (χ3n) is 2.81. The maximum Gasteiger partial charge on any atom is 0.274 e. The number of nitro benzene ring substituents is 1. The average molecular weight is 321 g/mol. The Morgan fingerprint density at radius 2 is 1.95 bits per heavy atom. The van der Waals surface area contributed by atoms with Crippen LogP contribution in [0.3, 0.4) is 0 Å². The maximum absolute atomic E-state index is 11.0. The van der Waals surface area contributed by atoms with Gasteiger partial charge in [0.15, 0.2) is 0 Å². The summed E-state index contributed by atoms with van der Waals surface area (Å²) in [6.07, 6.45) is 0. The number of anilines is 1. The van der Waals surface area contributed by atoms with Crippen LogP contribution < -0.4 is 5.32 Å². The van der Waals surface area contributed by atoms with Crippen LogP contribution in [-0.4, -0.2) is 4.92 Å². The van der Waals surface area contributed by atoms with E-state index in [0.717, 1.165) is 10.2 Å². The SMILES string of the molecule is CC(Nc1cccc(Br)c1)c1ccccc1[N+](=O)[O-]. The second-order valence-corrected chi connectivity index (χ2v) is 5.11. The number of hydrogen-bond acceptors (Lipinski definition) is 3. The van der Waals surface area contributed by atoms with Crippen molar-refractivity contribution >= 4 is 27.3 Å². The molecule has 2 rings (SSSR count). The quantitative estimate of drug-likeness (QED) is 0.665. The first kappa shape index (κ1) is 13.5. The summed E-state index contributed by atoms with van der Waals surface area (Å²) in [5, 5.41) is 14.3. The van der Waals surface area contributed by atoms with Crippen molar-refractivity contribution < 1.29 is 4.92 Å². The summed E-state index contributed by atoms with van der Waals surface area (Å²) in [6.45, 7) is 1.91. The van der Waals surface area contributed by atoms with Crippen molar-refractivity contribution in [1.82, 2.24) is 0 Å². The third kappa shape index (κ3) is 3.32. The lowest BCUT2D eigenvalue weighted by molar-refractivity contribution is -0.385. The summed E-state index contributed by atoms with van der Waals surface area (Å²) in [7, 11) is 0. The molecule has 5 heteroatoms. The third-order valence-corrected chi connectivity index (χ3v) is 3.30. The summed E-state index contributed by atoms with van der Waals surface area (Å²) in [5.74, 6) is 0. The highest BCUT2D eigenvalue weighted by molar-refractivity contribution is 9.10. The lowest BCUT2D eigenvalue weighted by atomic mass is 10.1. The Morgan fingerprint density at radius 1 is 1.21 bits per heavy atom. The van der Waals surface area contributed by atoms with E-state index >= 15 is 0 Å². The Morgan fingerprint density at radius 3 is 2.63 bits per heavy atom. The number of benzene rings is 2. The number of halogens is 1. The molecule has 1 atom stereocenters. The molecule has 0 spiro atoms. The van der Waals surface area contributed by atoms with Gasteiger partial charge in [-0.15, -0.1) is 0 Å². The number of para-hydroxylation sites is 1. The molecule has 2 aromatic rings. The number of nitrogens with one attached hydrogen (secondary N) is 1. The van der Waals surface area contributed by atoms with Crippen LogP contribution in [0.25, 0.3) is 0 Å². The molecule has 98 valence electrons. The van der Waals surface area contributed by atoms with Gasteiger partial charge in [0.1, 0.15) is 0 Å². The standard InChI is InChI=1S/C14H13BrN2O2/c1-10(16-12-6-4-5-11(15)9-12)13-7-2-3-8-14(13)17(18)19/h2-10,16H,1H3. The van der Waals surface area contributed by atoms with Crippen LogP contribution in [0.2, 0.25) is 0 Å². The first-order valence-electron chi connectivity index (χ1n) is 5.83. The molecule has 4 nitrogen and oxygen atoms in total. The second kappa shape index (κ2) is 5.84. The zero-order chi connectivity index (χ0) is 13.8. The van der Waals surface area contributed by atoms with E-state index in [1.165, 1.54) is 6.07 Å². The second-order valence-electron chi connectivity index (χ2n) is 4.19. The Balaban J connectivity index is 2.25. The number of hydrogen-bond donors (Lipinski definition) is 1. The lowest BCUT2D eigenvalue weighted by Crippen LogP contribution is -2.08. The molecule has 0 aliphatic heterocycles. The van der Waals surface area contributed by atoms with E-state index in [0.29, 0.717) is 5.56 Å². The van der Waals surface area contributed by atoms with Crippen molar-refractivity contribution in [3.05, 3.63) is 68.7 Å². The van der Waals surface area contributed by atoms with Crippen LogP contribution in [0.5, 0.6) is 0 Å². The highest BCUT2D eigenvalue weighted by Crippen LogP contribution is 2.28. The predicted octanol–water partition coefficient (Wildman–Crippen LogP) is 4.53. The molecule has 0 saturated heterocycles. The summed E-state index contributed by atoms with van der Waals surface area (Å²) < 4.78 is 0.965. The smallest absolute Gasteiger partial charge is 0.274 e. The Kier molecular flexibility index (Phi) is 4.16. The minimum atomic E-state index is -0.353. The van der Waals surface area contributed by atoms with Crippen LogP contribution in [-0.2, 0) is 0 Å². The zero-order valence-electron chi connectivity index (χ0n) is 10.3. The normalized spacial score (nSPS) is 11.9. The molecule has 2 aromatic carbocycles. The van der Waals surface area contributed by atoms with Crippen molar-refractivity contribution in [3.8, 4) is 0 Å². The van der Waals surface area contributed by atoms with Crippen molar-refractivity contribution in [2.24, 2.45) is 0 Å². The maximum atomic E-state index is 11.0. The molecule has 0 saturated carbocycles. The van der Waals surface area contributed by atoms with Crippen molar-refractivity contribution in [3.63, 3.8) is 0 Å². The van der Waals surface area contributed by atoms with E-state index in [2.05, 4.69) is 21.2 Å². The fourth-order valence-electron chi connectivity index (χ4n) is 1.93. The van der Waals surface area contributed by atoms with Crippen molar-refractivity contribution in [1.29, 1.82) is 0 Å². The van der Waals surface area contributed by atoms with E-state index in [1.54, 1.807) is 18.2 Å². The van der Waals surface area contributed by atoms with Gasteiger partial charge in [-0.05, 0) is 25.1 Å². The molecule has 0 radical (unpaired) electrons. The fraction of sp³-hybridized carbons (Fsp3) is 0.143. The van der Waals surface area contributed by atoms with Gasteiger partial charge in [-0.3, -0.25) is 10.1 Å². The van der Waals surface area contributed by atoms with Crippen LogP contribution in [0.1, 0.15) is 18.5 Å². The molecule has 0 aliphatic rings. The van der Waals surface area contributed by atoms with E-state index in [1.807, 2.05) is 31.2 Å². The van der Waals surface area contributed by atoms with Gasteiger partial charge in [0.05, 0.1) is 16.5 Å². The average Bonchev–Trinajstić information content (AvgIpc) is 2.38. The molecule has 0 aromatic heterocycles. The molecular formula is C14H13BrN2O2. The van der Waals surface area contributed by atoms with Gasteiger partial charge in [-0.1, -0.05) is 40.2 Å². The highest BCUT2D eigenvalue weighted by atomic mass is 79.9. The molecule has 1 N–H and O–H groups in total. The first-order valence-corrected chi connectivity index (χ1v) is 6.62. The fourth-order valence-corrected chi connectivity index (χ4v) is 2.33. The monoisotopic (exact) mass is 320 g/mol. The minimum absolute atomic E-state index is 0.137. The number of nitro groups is 1. The first-order chi connectivity index (χ1) is 9.08. The van der Waals surface area contributed by atoms with Crippen LogP contribution in [0, 0.1) is 10.1 Å². The van der Waals surface area contributed by atoms with E-state index in [4.69, 9.17) is 0 Å². The van der Waals surface area contributed by atoms with Gasteiger partial charge in [-0.25, -0.2) is 0 Å². The molecule has 1 unspecified atom stereocenters. The van der Waals surface area contributed by atoms with Crippen LogP contribution in [0.4, 0.5) is 11.4 Å². The molecule has 0 fully saturated rings. The van der Waals surface area contributed by atoms with Gasteiger partial charge in [0.2, 0.25) is 0 Å². The van der Waals surface area contributed by atoms with E-state index in [9.17, 15) is 10.1 Å². The number of rotatable bonds is 4. The van der Waals surface area contributed by atoms with Gasteiger partial charge >= 0.3 is 0 Å². The molecule has 19 heavy (non-hydrogen) atoms. The summed E-state index contributed by atoms with van der Waals surface area (Å²) in [4.78, 5) is 10.7. The highest BCUT2D eigenvalue weighted by Gasteiger charge is 2.17. The molecule has 0 heterocycles. The Hall–Kier alpha value is -1.88. The van der Waals surface area contributed by atoms with Crippen LogP contribution in [0.15, 0.2) is 53.0 Å². The van der Waals surface area contributed by atoms with Crippen LogP contribution >= 0.6 is 15.9 Å². The summed E-state index contributed by atoms with van der Waals surface area (Å²) >= 11 is 3.40. The zero-order valence-corrected chi connectivity index (χ0v) is 11.9. The largest absolute Gasteiger partial charge is 0.378 e. The van der Waals surface area contributed by atoms with Crippen molar-refractivity contribution in [2.75, 3.05) is 5.32 Å². The topological polar surface area (TPSA) is 55.2 Å². The lowest BCUT2D eigenvalue weighted by Gasteiger charge is -2.15. The van der Waals surface area contributed by atoms with Gasteiger partial charge in [0, 0.05) is 16.2 Å². The van der Waals surface area contributed by atoms with E-state index < -0.39 is 0 Å².